The van der Waals surface area contributed by atoms with Crippen molar-refractivity contribution in [1.29, 1.82) is 0 Å². The summed E-state index contributed by atoms with van der Waals surface area (Å²) >= 11 is 0. The molecule has 2 bridgehead atoms. The number of likely N-dealkylation sites (tertiary alicyclic amines) is 1. The maximum Gasteiger partial charge on any atom is 0.304 e. The van der Waals surface area contributed by atoms with Crippen LogP contribution >= 0.6 is 0 Å². The number of methoxy groups -OCH3 is 1. The van der Waals surface area contributed by atoms with Crippen molar-refractivity contribution in [1.82, 2.24) is 9.47 Å². The standard InChI is InChI=1S/C29H35N5O4/c1-28(2)13-21-14-29(3,17-28)18-33(21)19-34-24-8-6-5-7-23(24)26(27(34)36)32-31-25(35)16-38-30-15-20-9-11-22(37-4)12-10-20/h5-12,15,21,36H,13-14,16-19H2,1-4H3/b30-15-,32-31?/t21-,29-/m0/s1. The Hall–Kier alpha value is -3.72. The van der Waals surface area contributed by atoms with E-state index in [0.29, 0.717) is 18.1 Å². The number of carbonyl (C=O) groups is 1. The van der Waals surface area contributed by atoms with Gasteiger partial charge in [0.25, 0.3) is 0 Å². The number of fused-ring (bicyclic) bond motifs is 3. The summed E-state index contributed by atoms with van der Waals surface area (Å²) in [5.74, 6) is 0.147. The Balaban J connectivity index is 1.27. The summed E-state index contributed by atoms with van der Waals surface area (Å²) in [7, 11) is 1.60. The number of aromatic nitrogens is 1. The molecule has 1 aliphatic heterocycles. The van der Waals surface area contributed by atoms with Crippen LogP contribution in [0.4, 0.5) is 5.69 Å². The Kier molecular flexibility index (Phi) is 6.96. The molecular formula is C29H35N5O4. The molecule has 1 saturated carbocycles. The average molecular weight is 518 g/mol. The van der Waals surface area contributed by atoms with E-state index in [9.17, 15) is 9.90 Å². The molecule has 1 amide bonds. The van der Waals surface area contributed by atoms with Gasteiger partial charge in [-0.1, -0.05) is 44.1 Å². The van der Waals surface area contributed by atoms with E-state index in [1.807, 2.05) is 41.0 Å². The SMILES string of the molecule is COc1ccc(/C=N\OCC(=O)N=Nc2c(O)n(CN3C[C@@]4(C)C[C@@H]3CC(C)(C)C4)c3ccccc23)cc1. The number of benzene rings is 2. The maximum atomic E-state index is 12.3. The Morgan fingerprint density at radius 2 is 1.89 bits per heavy atom. The zero-order valence-electron chi connectivity index (χ0n) is 22.4. The molecule has 2 fully saturated rings. The first-order valence-electron chi connectivity index (χ1n) is 12.9. The molecule has 0 spiro atoms. The van der Waals surface area contributed by atoms with Crippen LogP contribution in [0.25, 0.3) is 10.9 Å². The van der Waals surface area contributed by atoms with Crippen molar-refractivity contribution < 1.29 is 19.5 Å². The quantitative estimate of drug-likeness (QED) is 0.229. The van der Waals surface area contributed by atoms with Crippen LogP contribution in [0.3, 0.4) is 0 Å². The molecule has 200 valence electrons. The average Bonchev–Trinajstić information content (AvgIpc) is 3.28. The molecule has 9 heteroatoms. The summed E-state index contributed by atoms with van der Waals surface area (Å²) in [6.07, 6.45) is 5.03. The molecule has 3 aromatic rings. The normalized spacial score (nSPS) is 23.0. The topological polar surface area (TPSA) is 101 Å². The summed E-state index contributed by atoms with van der Waals surface area (Å²) in [5.41, 5.74) is 2.54. The number of azo groups is 1. The molecule has 1 aliphatic carbocycles. The molecule has 5 rings (SSSR count). The number of para-hydroxylation sites is 1. The predicted octanol–water partition coefficient (Wildman–Crippen LogP) is 5.87. The van der Waals surface area contributed by atoms with Gasteiger partial charge in [0.15, 0.2) is 12.3 Å². The second-order valence-electron chi connectivity index (χ2n) is 11.6. The van der Waals surface area contributed by atoms with E-state index in [0.717, 1.165) is 35.2 Å². The molecule has 0 radical (unpaired) electrons. The molecule has 2 aromatic carbocycles. The van der Waals surface area contributed by atoms with Gasteiger partial charge in [0, 0.05) is 18.0 Å². The molecule has 2 heterocycles. The van der Waals surface area contributed by atoms with E-state index in [2.05, 4.69) is 41.1 Å². The van der Waals surface area contributed by atoms with Gasteiger partial charge in [-0.25, -0.2) is 0 Å². The summed E-state index contributed by atoms with van der Waals surface area (Å²) in [5, 5.41) is 23.7. The van der Waals surface area contributed by atoms with E-state index in [1.54, 1.807) is 19.2 Å². The molecule has 1 saturated heterocycles. The van der Waals surface area contributed by atoms with Crippen LogP contribution in [0.15, 0.2) is 63.9 Å². The zero-order chi connectivity index (χ0) is 26.9. The van der Waals surface area contributed by atoms with Crippen molar-refractivity contribution in [2.75, 3.05) is 20.3 Å². The van der Waals surface area contributed by atoms with Crippen molar-refractivity contribution in [3.8, 4) is 11.6 Å². The van der Waals surface area contributed by atoms with Crippen LogP contribution in [0, 0.1) is 10.8 Å². The van der Waals surface area contributed by atoms with Crippen molar-refractivity contribution in [3.63, 3.8) is 0 Å². The van der Waals surface area contributed by atoms with Crippen LogP contribution in [-0.2, 0) is 16.3 Å². The molecular weight excluding hydrogens is 482 g/mol. The number of ether oxygens (including phenoxy) is 1. The highest BCUT2D eigenvalue weighted by atomic mass is 16.6. The fourth-order valence-corrected chi connectivity index (χ4v) is 6.45. The number of rotatable bonds is 8. The van der Waals surface area contributed by atoms with Gasteiger partial charge in [-0.2, -0.15) is 0 Å². The summed E-state index contributed by atoms with van der Waals surface area (Å²) in [6.45, 7) is 8.29. The maximum absolute atomic E-state index is 12.3. The number of carbonyl (C=O) groups excluding carboxylic acids is 1. The van der Waals surface area contributed by atoms with Crippen molar-refractivity contribution in [2.45, 2.75) is 52.7 Å². The van der Waals surface area contributed by atoms with E-state index in [1.165, 1.54) is 19.1 Å². The van der Waals surface area contributed by atoms with Gasteiger partial charge < -0.3 is 14.7 Å². The van der Waals surface area contributed by atoms with E-state index in [-0.39, 0.29) is 23.6 Å². The third-order valence-corrected chi connectivity index (χ3v) is 7.61. The molecule has 1 aromatic heterocycles. The van der Waals surface area contributed by atoms with Crippen LogP contribution < -0.4 is 4.74 Å². The van der Waals surface area contributed by atoms with Crippen LogP contribution in [0.2, 0.25) is 0 Å². The number of amides is 1. The lowest BCUT2D eigenvalue weighted by molar-refractivity contribution is -0.122. The van der Waals surface area contributed by atoms with E-state index < -0.39 is 5.91 Å². The van der Waals surface area contributed by atoms with Gasteiger partial charge in [-0.15, -0.1) is 10.2 Å². The molecule has 38 heavy (non-hydrogen) atoms. The minimum Gasteiger partial charge on any atom is -0.497 e. The van der Waals surface area contributed by atoms with Gasteiger partial charge in [0.1, 0.15) is 5.75 Å². The van der Waals surface area contributed by atoms with Crippen molar-refractivity contribution in [2.24, 2.45) is 26.2 Å². The fourth-order valence-electron chi connectivity index (χ4n) is 6.45. The number of nitrogens with zero attached hydrogens (tertiary/aromatic N) is 5. The van der Waals surface area contributed by atoms with E-state index in [4.69, 9.17) is 9.57 Å². The van der Waals surface area contributed by atoms with Gasteiger partial charge in [0.2, 0.25) is 5.88 Å². The Morgan fingerprint density at radius 1 is 1.13 bits per heavy atom. The minimum absolute atomic E-state index is 0.00653. The Labute approximate surface area is 222 Å². The third-order valence-electron chi connectivity index (χ3n) is 7.61. The molecule has 0 unspecified atom stereocenters. The molecule has 2 aliphatic rings. The van der Waals surface area contributed by atoms with Crippen LogP contribution in [-0.4, -0.2) is 53.0 Å². The summed E-state index contributed by atoms with van der Waals surface area (Å²) in [4.78, 5) is 19.8. The monoisotopic (exact) mass is 517 g/mol. The van der Waals surface area contributed by atoms with Crippen molar-refractivity contribution in [3.05, 3.63) is 54.1 Å². The number of oxime groups is 1. The first-order valence-corrected chi connectivity index (χ1v) is 12.9. The van der Waals surface area contributed by atoms with Gasteiger partial charge in [-0.3, -0.25) is 14.3 Å². The Bertz CT molecular complexity index is 1380. The largest absolute Gasteiger partial charge is 0.497 e. The highest BCUT2D eigenvalue weighted by Gasteiger charge is 2.49. The molecule has 9 nitrogen and oxygen atoms in total. The van der Waals surface area contributed by atoms with Gasteiger partial charge in [-0.05, 0) is 66.0 Å². The van der Waals surface area contributed by atoms with Gasteiger partial charge >= 0.3 is 5.91 Å². The second-order valence-corrected chi connectivity index (χ2v) is 11.6. The first-order chi connectivity index (χ1) is 18.2. The summed E-state index contributed by atoms with van der Waals surface area (Å²) in [6, 6.07) is 15.4. The predicted molar refractivity (Wildman–Crippen MR) is 146 cm³/mol. The lowest BCUT2D eigenvalue weighted by Gasteiger charge is -2.40. The Morgan fingerprint density at radius 3 is 2.66 bits per heavy atom. The highest BCUT2D eigenvalue weighted by molar-refractivity contribution is 5.95. The highest BCUT2D eigenvalue weighted by Crippen LogP contribution is 2.53. The zero-order valence-corrected chi connectivity index (χ0v) is 22.4. The molecule has 2 atom stereocenters. The van der Waals surface area contributed by atoms with Crippen molar-refractivity contribution >= 4 is 28.7 Å². The first kappa shape index (κ1) is 25.9. The number of aromatic hydroxyl groups is 1. The van der Waals surface area contributed by atoms with E-state index >= 15 is 0 Å². The van der Waals surface area contributed by atoms with Crippen LogP contribution in [0.5, 0.6) is 11.6 Å². The number of hydrogen-bond acceptors (Lipinski definition) is 7. The minimum atomic E-state index is -0.600. The fraction of sp³-hybridized carbons (Fsp3) is 0.448. The van der Waals surface area contributed by atoms with Crippen LogP contribution in [0.1, 0.15) is 45.6 Å². The van der Waals surface area contributed by atoms with Gasteiger partial charge in [0.05, 0.1) is 25.5 Å². The molecule has 1 N–H and O–H groups in total. The lowest BCUT2D eigenvalue weighted by Crippen LogP contribution is -2.35. The smallest absolute Gasteiger partial charge is 0.304 e. The number of hydrogen-bond donors (Lipinski definition) is 1. The lowest BCUT2D eigenvalue weighted by atomic mass is 9.65. The second kappa shape index (κ2) is 10.2. The third kappa shape index (κ3) is 5.43. The summed E-state index contributed by atoms with van der Waals surface area (Å²) < 4.78 is 7.00.